The Morgan fingerprint density at radius 1 is 1.31 bits per heavy atom. The number of rotatable bonds is 9. The smallest absolute Gasteiger partial charge is 0.281 e. The maximum absolute atomic E-state index is 12.5. The minimum absolute atomic E-state index is 0.153. The van der Waals surface area contributed by atoms with Crippen molar-refractivity contribution in [3.05, 3.63) is 45.1 Å². The molecule has 1 N–H and O–H groups in total. The number of amides is 1. The Bertz CT molecular complexity index is 860. The number of nitrogens with one attached hydrogen (secondary N) is 1. The molecular weight excluding hydrogens is 384 g/mol. The zero-order chi connectivity index (χ0) is 20.6. The maximum Gasteiger partial charge on any atom is 0.281 e. The zero-order valence-corrected chi connectivity index (χ0v) is 18.3. The molecule has 3 rings (SSSR count). The lowest BCUT2D eigenvalue weighted by Gasteiger charge is -2.19. The van der Waals surface area contributed by atoms with Gasteiger partial charge in [0, 0.05) is 4.88 Å². The highest BCUT2D eigenvalue weighted by Crippen LogP contribution is 2.33. The maximum atomic E-state index is 12.5. The number of hydrogen-bond donors (Lipinski definition) is 1. The molecule has 2 aromatic rings. The molecule has 1 aromatic carbocycles. The molecule has 1 aromatic heterocycles. The van der Waals surface area contributed by atoms with Crippen LogP contribution in [0.3, 0.4) is 0 Å². The summed E-state index contributed by atoms with van der Waals surface area (Å²) in [5.74, 6) is 1.97. The van der Waals surface area contributed by atoms with Crippen molar-refractivity contribution < 1.29 is 14.3 Å². The summed E-state index contributed by atoms with van der Waals surface area (Å²) in [5, 5.41) is 4.12. The number of benzene rings is 1. The normalized spacial score (nSPS) is 15.9. The van der Waals surface area contributed by atoms with Crippen LogP contribution in [0.15, 0.2) is 29.4 Å². The molecule has 0 fully saturated rings. The third-order valence-corrected chi connectivity index (χ3v) is 6.54. The molecule has 1 atom stereocenters. The minimum Gasteiger partial charge on any atom is -0.493 e. The second-order valence-corrected chi connectivity index (χ2v) is 8.52. The van der Waals surface area contributed by atoms with Crippen LogP contribution < -0.4 is 14.9 Å². The lowest BCUT2D eigenvalue weighted by atomic mass is 9.87. The summed E-state index contributed by atoms with van der Waals surface area (Å²) < 4.78 is 11.1. The average molecular weight is 415 g/mol. The van der Waals surface area contributed by atoms with Crippen molar-refractivity contribution in [2.24, 2.45) is 11.0 Å². The number of unbranched alkanes of at least 4 members (excludes halogenated alkanes) is 1. The van der Waals surface area contributed by atoms with E-state index in [1.165, 1.54) is 23.3 Å². The molecule has 1 aliphatic rings. The molecule has 0 bridgehead atoms. The number of fused-ring (bicyclic) bond motifs is 1. The van der Waals surface area contributed by atoms with E-state index in [4.69, 9.17) is 9.47 Å². The fraction of sp³-hybridized carbons (Fsp3) is 0.478. The van der Waals surface area contributed by atoms with Crippen LogP contribution >= 0.6 is 11.3 Å². The van der Waals surface area contributed by atoms with Gasteiger partial charge in [0.1, 0.15) is 0 Å². The summed E-state index contributed by atoms with van der Waals surface area (Å²) in [7, 11) is 1.62. The van der Waals surface area contributed by atoms with Crippen LogP contribution in [0.5, 0.6) is 11.5 Å². The van der Waals surface area contributed by atoms with Gasteiger partial charge in [-0.05, 0) is 67.0 Å². The van der Waals surface area contributed by atoms with Gasteiger partial charge in [-0.3, -0.25) is 4.79 Å². The molecule has 0 saturated carbocycles. The molecule has 1 aliphatic carbocycles. The SMILES string of the molecule is CCCCOc1ccc(/C=N\NC(=O)c2cc3c(s2)CC[C@H](CC)C3)cc1OC. The van der Waals surface area contributed by atoms with Crippen molar-refractivity contribution >= 4 is 23.5 Å². The molecule has 29 heavy (non-hydrogen) atoms. The highest BCUT2D eigenvalue weighted by molar-refractivity contribution is 7.14. The number of thiophene rings is 1. The minimum atomic E-state index is -0.153. The Labute approximate surface area is 177 Å². The molecule has 0 saturated heterocycles. The first-order valence-electron chi connectivity index (χ1n) is 10.4. The quantitative estimate of drug-likeness (QED) is 0.348. The lowest BCUT2D eigenvalue weighted by Crippen LogP contribution is -2.16. The van der Waals surface area contributed by atoms with Crippen LogP contribution in [-0.2, 0) is 12.8 Å². The number of carbonyl (C=O) groups excluding carboxylic acids is 1. The van der Waals surface area contributed by atoms with Gasteiger partial charge >= 0.3 is 0 Å². The van der Waals surface area contributed by atoms with Gasteiger partial charge in [0.05, 0.1) is 24.8 Å². The number of methoxy groups -OCH3 is 1. The molecule has 0 radical (unpaired) electrons. The van der Waals surface area contributed by atoms with Crippen LogP contribution in [-0.4, -0.2) is 25.8 Å². The number of hydrazone groups is 1. The van der Waals surface area contributed by atoms with Crippen LogP contribution in [0, 0.1) is 5.92 Å². The van der Waals surface area contributed by atoms with Crippen molar-refractivity contribution in [1.82, 2.24) is 5.43 Å². The van der Waals surface area contributed by atoms with Crippen molar-refractivity contribution in [1.29, 1.82) is 0 Å². The van der Waals surface area contributed by atoms with E-state index in [9.17, 15) is 4.79 Å². The molecule has 5 nitrogen and oxygen atoms in total. The summed E-state index contributed by atoms with van der Waals surface area (Å²) in [6.45, 7) is 5.03. The predicted molar refractivity (Wildman–Crippen MR) is 119 cm³/mol. The summed E-state index contributed by atoms with van der Waals surface area (Å²) in [5.41, 5.74) is 4.82. The van der Waals surface area contributed by atoms with Crippen molar-refractivity contribution in [2.75, 3.05) is 13.7 Å². The average Bonchev–Trinajstić information content (AvgIpc) is 3.18. The first-order chi connectivity index (χ1) is 14.1. The second-order valence-electron chi connectivity index (χ2n) is 7.39. The summed E-state index contributed by atoms with van der Waals surface area (Å²) >= 11 is 1.60. The van der Waals surface area contributed by atoms with Crippen LogP contribution in [0.4, 0.5) is 0 Å². The van der Waals surface area contributed by atoms with E-state index in [1.54, 1.807) is 24.7 Å². The van der Waals surface area contributed by atoms with E-state index in [1.807, 2.05) is 24.3 Å². The highest BCUT2D eigenvalue weighted by atomic mass is 32.1. The van der Waals surface area contributed by atoms with Gasteiger partial charge in [-0.25, -0.2) is 5.43 Å². The van der Waals surface area contributed by atoms with Crippen LogP contribution in [0.25, 0.3) is 0 Å². The standard InChI is InChI=1S/C23H30N2O3S/c1-4-6-11-28-19-9-7-17(13-20(19)27-3)15-24-25-23(26)22-14-18-12-16(5-2)8-10-21(18)29-22/h7,9,13-16H,4-6,8,10-12H2,1-3H3,(H,25,26)/b24-15-/t16-/m0/s1. The molecule has 0 unspecified atom stereocenters. The monoisotopic (exact) mass is 414 g/mol. The summed E-state index contributed by atoms with van der Waals surface area (Å²) in [6.07, 6.45) is 8.31. The molecule has 6 heteroatoms. The second kappa shape index (κ2) is 10.4. The fourth-order valence-corrected chi connectivity index (χ4v) is 4.59. The first-order valence-corrected chi connectivity index (χ1v) is 11.2. The zero-order valence-electron chi connectivity index (χ0n) is 17.5. The van der Waals surface area contributed by atoms with E-state index < -0.39 is 0 Å². The third kappa shape index (κ3) is 5.60. The van der Waals surface area contributed by atoms with Gasteiger partial charge in [-0.15, -0.1) is 11.3 Å². The number of aryl methyl sites for hydroxylation is 1. The van der Waals surface area contributed by atoms with Gasteiger partial charge in [0.2, 0.25) is 0 Å². The molecular formula is C23H30N2O3S. The largest absolute Gasteiger partial charge is 0.493 e. The number of carbonyl (C=O) groups is 1. The van der Waals surface area contributed by atoms with Crippen LogP contribution in [0.1, 0.15) is 65.2 Å². The molecule has 1 heterocycles. The third-order valence-electron chi connectivity index (χ3n) is 5.31. The van der Waals surface area contributed by atoms with Gasteiger partial charge in [-0.2, -0.15) is 5.10 Å². The van der Waals surface area contributed by atoms with Gasteiger partial charge < -0.3 is 9.47 Å². The Kier molecular flexibility index (Phi) is 7.69. The van der Waals surface area contributed by atoms with Crippen molar-refractivity contribution in [3.8, 4) is 11.5 Å². The Hall–Kier alpha value is -2.34. The van der Waals surface area contributed by atoms with E-state index in [2.05, 4.69) is 24.4 Å². The lowest BCUT2D eigenvalue weighted by molar-refractivity contribution is 0.0959. The van der Waals surface area contributed by atoms with Gasteiger partial charge in [0.15, 0.2) is 11.5 Å². The summed E-state index contributed by atoms with van der Waals surface area (Å²) in [6, 6.07) is 7.66. The molecule has 156 valence electrons. The first kappa shape index (κ1) is 21.4. The topological polar surface area (TPSA) is 59.9 Å². The number of ether oxygens (including phenoxy) is 2. The summed E-state index contributed by atoms with van der Waals surface area (Å²) in [4.78, 5) is 14.6. The Morgan fingerprint density at radius 2 is 2.17 bits per heavy atom. The van der Waals surface area contributed by atoms with E-state index in [0.29, 0.717) is 12.4 Å². The van der Waals surface area contributed by atoms with E-state index >= 15 is 0 Å². The van der Waals surface area contributed by atoms with E-state index in [0.717, 1.165) is 47.8 Å². The van der Waals surface area contributed by atoms with Gasteiger partial charge in [0.25, 0.3) is 5.91 Å². The number of nitrogens with zero attached hydrogens (tertiary/aromatic N) is 1. The van der Waals surface area contributed by atoms with Crippen molar-refractivity contribution in [3.63, 3.8) is 0 Å². The van der Waals surface area contributed by atoms with Crippen molar-refractivity contribution in [2.45, 2.75) is 52.4 Å². The Balaban J connectivity index is 1.59. The molecule has 0 aliphatic heterocycles. The predicted octanol–water partition coefficient (Wildman–Crippen LogP) is 5.21. The van der Waals surface area contributed by atoms with Gasteiger partial charge in [-0.1, -0.05) is 26.7 Å². The molecule has 1 amide bonds. The Morgan fingerprint density at radius 3 is 2.93 bits per heavy atom. The molecule has 0 spiro atoms. The highest BCUT2D eigenvalue weighted by Gasteiger charge is 2.21. The fourth-order valence-electron chi connectivity index (χ4n) is 3.49. The number of hydrogen-bond acceptors (Lipinski definition) is 5. The van der Waals surface area contributed by atoms with E-state index in [-0.39, 0.29) is 5.91 Å². The van der Waals surface area contributed by atoms with Crippen LogP contribution in [0.2, 0.25) is 0 Å².